The van der Waals surface area contributed by atoms with Crippen molar-refractivity contribution in [3.8, 4) is 17.2 Å². The van der Waals surface area contributed by atoms with Crippen molar-refractivity contribution in [3.05, 3.63) is 88.3 Å². The summed E-state index contributed by atoms with van der Waals surface area (Å²) in [5.41, 5.74) is -0.373. The summed E-state index contributed by atoms with van der Waals surface area (Å²) < 4.78 is 148. The molecule has 0 radical (unpaired) electrons. The highest BCUT2D eigenvalue weighted by Gasteiger charge is 2.37. The molecule has 3 aromatic carbocycles. The lowest BCUT2D eigenvalue weighted by Crippen LogP contribution is -2.50. The second-order valence-electron chi connectivity index (χ2n) is 15.0. The molecule has 0 amide bonds. The summed E-state index contributed by atoms with van der Waals surface area (Å²) in [4.78, 5) is 0. The highest BCUT2D eigenvalue weighted by Crippen LogP contribution is 2.33. The third kappa shape index (κ3) is 15.6. The molecule has 0 heterocycles. The van der Waals surface area contributed by atoms with Gasteiger partial charge in [-0.15, -0.1) is 0 Å². The Kier molecular flexibility index (Phi) is 21.0. The minimum absolute atomic E-state index is 0.135. The van der Waals surface area contributed by atoms with Crippen LogP contribution in [0.3, 0.4) is 0 Å². The predicted molar refractivity (Wildman–Crippen MR) is 205 cm³/mol. The van der Waals surface area contributed by atoms with Crippen LogP contribution in [0.5, 0.6) is 17.2 Å². The fourth-order valence-corrected chi connectivity index (χ4v) is 7.05. The van der Waals surface area contributed by atoms with Gasteiger partial charge in [0, 0.05) is 30.3 Å². The van der Waals surface area contributed by atoms with Crippen LogP contribution in [0, 0.1) is 52.4 Å². The zero-order valence-electron chi connectivity index (χ0n) is 33.6. The average Bonchev–Trinajstić information content (AvgIpc) is 3.17. The summed E-state index contributed by atoms with van der Waals surface area (Å²) in [6, 6.07) is 2.24. The van der Waals surface area contributed by atoms with Crippen LogP contribution in [0.15, 0.2) is 30.3 Å². The Balaban J connectivity index is 2.08. The third-order valence-electron chi connectivity index (χ3n) is 10.3. The zero-order valence-corrected chi connectivity index (χ0v) is 33.6. The van der Waals surface area contributed by atoms with Gasteiger partial charge in [-0.1, -0.05) is 97.8 Å². The maximum atomic E-state index is 16.2. The first-order chi connectivity index (χ1) is 27.3. The van der Waals surface area contributed by atoms with E-state index in [1.807, 2.05) is 0 Å². The average molecular weight is 819 g/mol. The molecule has 0 aliphatic carbocycles. The van der Waals surface area contributed by atoms with E-state index in [0.717, 1.165) is 116 Å². The summed E-state index contributed by atoms with van der Waals surface area (Å²) in [7, 11) is -2.32. The summed E-state index contributed by atoms with van der Waals surface area (Å²) in [5.74, 6) is -17.4. The van der Waals surface area contributed by atoms with Crippen molar-refractivity contribution >= 4 is 7.32 Å². The molecule has 0 aliphatic rings. The molecule has 0 atom stereocenters. The van der Waals surface area contributed by atoms with Crippen LogP contribution in [0.1, 0.15) is 142 Å². The van der Waals surface area contributed by atoms with E-state index in [9.17, 15) is 26.3 Å². The van der Waals surface area contributed by atoms with Gasteiger partial charge in [-0.05, 0) is 38.5 Å². The molecule has 0 N–H and O–H groups in total. The van der Waals surface area contributed by atoms with E-state index in [1.165, 1.54) is 0 Å². The molecule has 0 aromatic heterocycles. The first kappa shape index (κ1) is 47.8. The molecule has 0 fully saturated rings. The van der Waals surface area contributed by atoms with Gasteiger partial charge >= 0.3 is 7.32 Å². The molecule has 0 unspecified atom stereocenters. The molecule has 3 aromatic rings. The number of rotatable bonds is 29. The smallest absolute Gasteiger partial charge is 0.489 e. The molecule has 0 aliphatic heterocycles. The molecule has 57 heavy (non-hydrogen) atoms. The fourth-order valence-electron chi connectivity index (χ4n) is 7.05. The van der Waals surface area contributed by atoms with Gasteiger partial charge in [0.2, 0.25) is 0 Å². The monoisotopic (exact) mass is 818 g/mol. The van der Waals surface area contributed by atoms with Gasteiger partial charge in [-0.25, -0.2) is 39.5 Å². The van der Waals surface area contributed by atoms with Crippen LogP contribution >= 0.6 is 0 Å². The number of hydrogen-bond donors (Lipinski definition) is 0. The largest absolute Gasteiger partial charge is 0.864 e. The van der Waals surface area contributed by atoms with Crippen LogP contribution in [-0.2, 0) is 6.54 Å². The van der Waals surface area contributed by atoms with Gasteiger partial charge < -0.3 is 18.4 Å². The van der Waals surface area contributed by atoms with E-state index in [1.54, 1.807) is 0 Å². The summed E-state index contributed by atoms with van der Waals surface area (Å²) >= 11 is 0. The van der Waals surface area contributed by atoms with Crippen LogP contribution in [0.25, 0.3) is 0 Å². The molecule has 3 rings (SSSR count). The van der Waals surface area contributed by atoms with Crippen LogP contribution in [0.4, 0.5) is 39.5 Å². The minimum Gasteiger partial charge on any atom is -0.489 e. The zero-order chi connectivity index (χ0) is 41.8. The van der Waals surface area contributed by atoms with Crippen LogP contribution in [-0.4, -0.2) is 31.4 Å². The lowest BCUT2D eigenvalue weighted by molar-refractivity contribution is -0.941. The van der Waals surface area contributed by atoms with E-state index in [0.29, 0.717) is 54.4 Å². The lowest BCUT2D eigenvalue weighted by Gasteiger charge is -2.40. The van der Waals surface area contributed by atoms with E-state index < -0.39 is 76.9 Å². The van der Waals surface area contributed by atoms with Crippen molar-refractivity contribution < 1.29 is 58.0 Å². The van der Waals surface area contributed by atoms with Crippen LogP contribution < -0.4 is 14.0 Å². The number of halogens is 9. The Morgan fingerprint density at radius 3 is 1.11 bits per heavy atom. The SMILES string of the molecule is CCCCCCCC[N+](CCCCCCCC)(CCCCCCCC)Cc1c(OB(Oc2cc(F)c(F)c(F)c2)Oc2cc(F)c(F)c(F)c2)cc(F)c(F)c1F. The second kappa shape index (κ2) is 25.1. The second-order valence-corrected chi connectivity index (χ2v) is 15.0. The topological polar surface area (TPSA) is 27.7 Å². The molecule has 0 spiro atoms. The van der Waals surface area contributed by atoms with Gasteiger partial charge in [0.05, 0.1) is 25.2 Å². The molecule has 318 valence electrons. The Bertz CT molecular complexity index is 1520. The third-order valence-corrected chi connectivity index (χ3v) is 10.3. The van der Waals surface area contributed by atoms with Gasteiger partial charge in [0.15, 0.2) is 52.4 Å². The van der Waals surface area contributed by atoms with Gasteiger partial charge in [-0.2, -0.15) is 0 Å². The maximum Gasteiger partial charge on any atom is 0.864 e. The summed E-state index contributed by atoms with van der Waals surface area (Å²) in [6.45, 7) is 8.11. The Morgan fingerprint density at radius 2 is 0.737 bits per heavy atom. The summed E-state index contributed by atoms with van der Waals surface area (Å²) in [5, 5.41) is 0. The van der Waals surface area contributed by atoms with Gasteiger partial charge in [0.1, 0.15) is 23.8 Å². The Labute approximate surface area is 332 Å². The lowest BCUT2D eigenvalue weighted by atomic mass is 10.0. The standard InChI is InChI=1S/C43H58BF9NO3/c1-4-7-10-13-16-19-22-54(23-20-17-14-11-8-5-2,24-21-18-15-12-9-6-3)30-33-39(29-38(49)43(53)40(33)50)57-44(55-31-25-34(45)41(51)35(46)26-31)56-32-27-36(47)42(52)37(48)28-32/h25-29H,4-24,30H2,1-3H3/q+1. The van der Waals surface area contributed by atoms with Crippen molar-refractivity contribution in [2.75, 3.05) is 19.6 Å². The minimum atomic E-state index is -2.32. The van der Waals surface area contributed by atoms with Crippen molar-refractivity contribution in [1.82, 2.24) is 0 Å². The molecule has 0 bridgehead atoms. The van der Waals surface area contributed by atoms with E-state index in [2.05, 4.69) is 20.8 Å². The van der Waals surface area contributed by atoms with Gasteiger partial charge in [-0.3, -0.25) is 0 Å². The van der Waals surface area contributed by atoms with Crippen LogP contribution in [0.2, 0.25) is 0 Å². The normalized spacial score (nSPS) is 11.6. The first-order valence-electron chi connectivity index (χ1n) is 20.6. The number of unbranched alkanes of at least 4 members (excludes halogenated alkanes) is 15. The molecule has 0 saturated heterocycles. The quantitative estimate of drug-likeness (QED) is 0.0230. The number of nitrogens with zero attached hydrogens (tertiary/aromatic N) is 1. The van der Waals surface area contributed by atoms with E-state index in [4.69, 9.17) is 14.0 Å². The highest BCUT2D eigenvalue weighted by molar-refractivity contribution is 6.39. The Hall–Kier alpha value is -3.55. The molecular formula is C43H58BF9NO3+. The molecule has 0 saturated carbocycles. The molecule has 4 nitrogen and oxygen atoms in total. The predicted octanol–water partition coefficient (Wildman–Crippen LogP) is 13.9. The van der Waals surface area contributed by atoms with Crippen molar-refractivity contribution in [2.45, 2.75) is 143 Å². The van der Waals surface area contributed by atoms with Crippen molar-refractivity contribution in [2.24, 2.45) is 0 Å². The summed E-state index contributed by atoms with van der Waals surface area (Å²) in [6.07, 6.45) is 18.0. The highest BCUT2D eigenvalue weighted by atomic mass is 19.2. The van der Waals surface area contributed by atoms with Gasteiger partial charge in [0.25, 0.3) is 0 Å². The Morgan fingerprint density at radius 1 is 0.404 bits per heavy atom. The van der Waals surface area contributed by atoms with E-state index >= 15 is 13.2 Å². The molecular weight excluding hydrogens is 760 g/mol. The number of hydrogen-bond acceptors (Lipinski definition) is 3. The number of quaternary nitrogens is 1. The van der Waals surface area contributed by atoms with Crippen molar-refractivity contribution in [3.63, 3.8) is 0 Å². The fraction of sp³-hybridized carbons (Fsp3) is 0.581. The maximum absolute atomic E-state index is 16.2. The number of benzene rings is 3. The molecule has 14 heteroatoms. The first-order valence-corrected chi connectivity index (χ1v) is 20.6. The van der Waals surface area contributed by atoms with Crippen molar-refractivity contribution in [1.29, 1.82) is 0 Å². The van der Waals surface area contributed by atoms with E-state index in [-0.39, 0.29) is 12.1 Å².